The molecule has 0 aliphatic rings. The lowest BCUT2D eigenvalue weighted by atomic mass is 10.4. The Bertz CT molecular complexity index is 232. The SMILES string of the molecule is Cc1[nH]cnc1CSNC(C)C. The molecule has 2 N–H and O–H groups in total. The van der Waals surface area contributed by atoms with Gasteiger partial charge in [0.25, 0.3) is 0 Å². The second kappa shape index (κ2) is 4.52. The van der Waals surface area contributed by atoms with Crippen molar-refractivity contribution in [1.82, 2.24) is 14.7 Å². The molecule has 0 atom stereocenters. The van der Waals surface area contributed by atoms with Gasteiger partial charge in [-0.25, -0.2) is 4.98 Å². The van der Waals surface area contributed by atoms with Gasteiger partial charge in [-0.05, 0) is 20.8 Å². The van der Waals surface area contributed by atoms with Crippen LogP contribution in [0.5, 0.6) is 0 Å². The van der Waals surface area contributed by atoms with E-state index in [9.17, 15) is 0 Å². The van der Waals surface area contributed by atoms with Gasteiger partial charge in [0.2, 0.25) is 0 Å². The van der Waals surface area contributed by atoms with Crippen molar-refractivity contribution in [3.8, 4) is 0 Å². The minimum Gasteiger partial charge on any atom is -0.348 e. The Labute approximate surface area is 77.5 Å². The molecular weight excluding hydrogens is 170 g/mol. The summed E-state index contributed by atoms with van der Waals surface area (Å²) in [5.74, 6) is 0.924. The first-order valence-corrected chi connectivity index (χ1v) is 5.05. The average molecular weight is 185 g/mol. The molecule has 4 heteroatoms. The summed E-state index contributed by atoms with van der Waals surface area (Å²) >= 11 is 1.70. The zero-order valence-electron chi connectivity index (χ0n) is 7.72. The van der Waals surface area contributed by atoms with Crippen LogP contribution in [0.25, 0.3) is 0 Å². The largest absolute Gasteiger partial charge is 0.348 e. The molecule has 0 saturated carbocycles. The van der Waals surface area contributed by atoms with Gasteiger partial charge in [0.1, 0.15) is 0 Å². The smallest absolute Gasteiger partial charge is 0.0925 e. The second-order valence-corrected chi connectivity index (χ2v) is 3.85. The third-order valence-electron chi connectivity index (χ3n) is 1.46. The molecular formula is C8H15N3S. The van der Waals surface area contributed by atoms with Gasteiger partial charge in [-0.15, -0.1) is 0 Å². The van der Waals surface area contributed by atoms with Crippen molar-refractivity contribution in [2.75, 3.05) is 0 Å². The standard InChI is InChI=1S/C8H15N3S/c1-6(2)11-12-4-8-7(3)9-5-10-8/h5-6,11H,4H2,1-3H3,(H,9,10). The van der Waals surface area contributed by atoms with Gasteiger partial charge in [0.05, 0.1) is 17.8 Å². The van der Waals surface area contributed by atoms with E-state index in [-0.39, 0.29) is 0 Å². The topological polar surface area (TPSA) is 40.7 Å². The van der Waals surface area contributed by atoms with E-state index < -0.39 is 0 Å². The lowest BCUT2D eigenvalue weighted by Crippen LogP contribution is -2.14. The van der Waals surface area contributed by atoms with Gasteiger partial charge in [-0.3, -0.25) is 4.72 Å². The van der Waals surface area contributed by atoms with Crippen LogP contribution in [0.3, 0.4) is 0 Å². The molecule has 3 nitrogen and oxygen atoms in total. The van der Waals surface area contributed by atoms with E-state index in [1.165, 1.54) is 0 Å². The maximum atomic E-state index is 4.20. The summed E-state index contributed by atoms with van der Waals surface area (Å²) in [5, 5.41) is 0. The van der Waals surface area contributed by atoms with E-state index >= 15 is 0 Å². The van der Waals surface area contributed by atoms with Crippen LogP contribution in [0.4, 0.5) is 0 Å². The molecule has 0 spiro atoms. The van der Waals surface area contributed by atoms with Gasteiger partial charge < -0.3 is 4.98 Å². The molecule has 1 aromatic rings. The highest BCUT2D eigenvalue weighted by Crippen LogP contribution is 2.09. The van der Waals surface area contributed by atoms with Gasteiger partial charge >= 0.3 is 0 Å². The lowest BCUT2D eigenvalue weighted by molar-refractivity contribution is 0.770. The monoisotopic (exact) mass is 185 g/mol. The molecule has 0 bridgehead atoms. The predicted octanol–water partition coefficient (Wildman–Crippen LogP) is 1.86. The first-order chi connectivity index (χ1) is 5.70. The lowest BCUT2D eigenvalue weighted by Gasteiger charge is -2.05. The zero-order valence-corrected chi connectivity index (χ0v) is 8.53. The number of aromatic amines is 1. The minimum atomic E-state index is 0.522. The maximum Gasteiger partial charge on any atom is 0.0925 e. The Balaban J connectivity index is 2.29. The van der Waals surface area contributed by atoms with Crippen molar-refractivity contribution in [1.29, 1.82) is 0 Å². The molecule has 1 aromatic heterocycles. The van der Waals surface area contributed by atoms with Crippen molar-refractivity contribution in [3.63, 3.8) is 0 Å². The summed E-state index contributed by atoms with van der Waals surface area (Å²) in [5.41, 5.74) is 2.29. The minimum absolute atomic E-state index is 0.522. The van der Waals surface area contributed by atoms with Crippen LogP contribution in [-0.4, -0.2) is 16.0 Å². The Hall–Kier alpha value is -0.480. The molecule has 0 aliphatic carbocycles. The highest BCUT2D eigenvalue weighted by atomic mass is 32.2. The molecule has 0 amide bonds. The van der Waals surface area contributed by atoms with Gasteiger partial charge in [0, 0.05) is 11.7 Å². The fraction of sp³-hybridized carbons (Fsp3) is 0.625. The van der Waals surface area contributed by atoms with Crippen LogP contribution >= 0.6 is 11.9 Å². The van der Waals surface area contributed by atoms with Crippen LogP contribution in [0.2, 0.25) is 0 Å². The number of aryl methyl sites for hydroxylation is 1. The number of nitrogens with zero attached hydrogens (tertiary/aromatic N) is 1. The van der Waals surface area contributed by atoms with E-state index in [1.807, 2.05) is 6.92 Å². The number of rotatable bonds is 4. The number of nitrogens with one attached hydrogen (secondary N) is 2. The van der Waals surface area contributed by atoms with Crippen molar-refractivity contribution < 1.29 is 0 Å². The summed E-state index contributed by atoms with van der Waals surface area (Å²) in [6.45, 7) is 6.30. The van der Waals surface area contributed by atoms with E-state index in [0.29, 0.717) is 6.04 Å². The first-order valence-electron chi connectivity index (χ1n) is 4.06. The van der Waals surface area contributed by atoms with E-state index in [1.54, 1.807) is 18.3 Å². The Morgan fingerprint density at radius 2 is 2.42 bits per heavy atom. The predicted molar refractivity (Wildman–Crippen MR) is 52.9 cm³/mol. The van der Waals surface area contributed by atoms with Crippen molar-refractivity contribution in [2.45, 2.75) is 32.6 Å². The van der Waals surface area contributed by atoms with E-state index in [0.717, 1.165) is 17.1 Å². The Morgan fingerprint density at radius 3 is 2.92 bits per heavy atom. The fourth-order valence-electron chi connectivity index (χ4n) is 0.809. The average Bonchev–Trinajstić information content (AvgIpc) is 2.36. The van der Waals surface area contributed by atoms with Crippen molar-refractivity contribution >= 4 is 11.9 Å². The fourth-order valence-corrected chi connectivity index (χ4v) is 1.65. The summed E-state index contributed by atoms with van der Waals surface area (Å²) in [6, 6.07) is 0.522. The van der Waals surface area contributed by atoms with Crippen LogP contribution in [-0.2, 0) is 5.75 Å². The molecule has 68 valence electrons. The van der Waals surface area contributed by atoms with E-state index in [2.05, 4.69) is 28.5 Å². The summed E-state index contributed by atoms with van der Waals surface area (Å²) in [6.07, 6.45) is 1.74. The quantitative estimate of drug-likeness (QED) is 0.703. The van der Waals surface area contributed by atoms with Crippen LogP contribution < -0.4 is 4.72 Å². The highest BCUT2D eigenvalue weighted by molar-refractivity contribution is 7.96. The number of hydrogen-bond acceptors (Lipinski definition) is 3. The third-order valence-corrected chi connectivity index (χ3v) is 2.52. The van der Waals surface area contributed by atoms with E-state index in [4.69, 9.17) is 0 Å². The van der Waals surface area contributed by atoms with Crippen LogP contribution in [0, 0.1) is 6.92 Å². The molecule has 1 rings (SSSR count). The zero-order chi connectivity index (χ0) is 8.97. The van der Waals surface area contributed by atoms with Gasteiger partial charge in [0.15, 0.2) is 0 Å². The molecule has 12 heavy (non-hydrogen) atoms. The summed E-state index contributed by atoms with van der Waals surface area (Å²) < 4.78 is 3.27. The second-order valence-electron chi connectivity index (χ2n) is 3.04. The summed E-state index contributed by atoms with van der Waals surface area (Å²) in [4.78, 5) is 7.25. The van der Waals surface area contributed by atoms with Gasteiger partial charge in [-0.1, -0.05) is 11.9 Å². The number of aromatic nitrogens is 2. The third kappa shape index (κ3) is 2.87. The molecule has 0 fully saturated rings. The van der Waals surface area contributed by atoms with Gasteiger partial charge in [-0.2, -0.15) is 0 Å². The van der Waals surface area contributed by atoms with Crippen molar-refractivity contribution in [3.05, 3.63) is 17.7 Å². The molecule has 0 unspecified atom stereocenters. The van der Waals surface area contributed by atoms with Crippen LogP contribution in [0.1, 0.15) is 25.2 Å². The maximum absolute atomic E-state index is 4.20. The van der Waals surface area contributed by atoms with Crippen LogP contribution in [0.15, 0.2) is 6.33 Å². The Kier molecular flexibility index (Phi) is 3.62. The number of imidazole rings is 1. The number of hydrogen-bond donors (Lipinski definition) is 2. The molecule has 0 radical (unpaired) electrons. The molecule has 0 aliphatic heterocycles. The summed E-state index contributed by atoms with van der Waals surface area (Å²) in [7, 11) is 0. The Morgan fingerprint density at radius 1 is 1.67 bits per heavy atom. The molecule has 0 aromatic carbocycles. The first kappa shape index (κ1) is 9.61. The molecule has 0 saturated heterocycles. The molecule has 1 heterocycles. The highest BCUT2D eigenvalue weighted by Gasteiger charge is 2.00. The van der Waals surface area contributed by atoms with Crippen molar-refractivity contribution in [2.24, 2.45) is 0 Å². The number of H-pyrrole nitrogens is 1. The normalized spacial score (nSPS) is 11.0.